The zero-order chi connectivity index (χ0) is 21.0. The summed E-state index contributed by atoms with van der Waals surface area (Å²) in [5, 5.41) is 0. The Balaban J connectivity index is 1.67. The van der Waals surface area contributed by atoms with Crippen LogP contribution in [0.1, 0.15) is 31.2 Å². The summed E-state index contributed by atoms with van der Waals surface area (Å²) in [5.74, 6) is 1.74. The van der Waals surface area contributed by atoms with Crippen LogP contribution in [-0.4, -0.2) is 81.0 Å². The molecule has 2 amide bonds. The van der Waals surface area contributed by atoms with Crippen LogP contribution in [0.3, 0.4) is 0 Å². The van der Waals surface area contributed by atoms with E-state index in [1.807, 2.05) is 23.1 Å². The normalized spacial score (nSPS) is 22.2. The van der Waals surface area contributed by atoms with E-state index in [1.165, 1.54) is 0 Å². The summed E-state index contributed by atoms with van der Waals surface area (Å²) in [4.78, 5) is 31.2. The van der Waals surface area contributed by atoms with Crippen LogP contribution >= 0.6 is 0 Å². The molecule has 7 nitrogen and oxygen atoms in total. The van der Waals surface area contributed by atoms with Gasteiger partial charge in [-0.05, 0) is 31.9 Å². The maximum Gasteiger partial charge on any atom is 0.230 e. The first-order valence-corrected chi connectivity index (χ1v) is 10.3. The highest BCUT2D eigenvalue weighted by atomic mass is 16.5. The second-order valence-electron chi connectivity index (χ2n) is 8.33. The van der Waals surface area contributed by atoms with Gasteiger partial charge in [0.05, 0.1) is 19.6 Å². The Bertz CT molecular complexity index is 752. The Labute approximate surface area is 173 Å². The largest absolute Gasteiger partial charge is 0.493 e. The Morgan fingerprint density at radius 1 is 1.17 bits per heavy atom. The Morgan fingerprint density at radius 3 is 2.66 bits per heavy atom. The fourth-order valence-electron chi connectivity index (χ4n) is 4.59. The molecule has 0 radical (unpaired) electrons. The quantitative estimate of drug-likeness (QED) is 0.697. The highest BCUT2D eigenvalue weighted by Gasteiger charge is 2.48. The van der Waals surface area contributed by atoms with Crippen molar-refractivity contribution in [1.82, 2.24) is 14.7 Å². The molecule has 7 heteroatoms. The summed E-state index contributed by atoms with van der Waals surface area (Å²) in [6, 6.07) is 5.79. The number of benzene rings is 1. The van der Waals surface area contributed by atoms with Crippen molar-refractivity contribution in [2.24, 2.45) is 5.41 Å². The molecule has 1 spiro atoms. The number of piperidine rings is 1. The van der Waals surface area contributed by atoms with Gasteiger partial charge in [-0.2, -0.15) is 0 Å². The molecular formula is C22H33N3O4. The van der Waals surface area contributed by atoms with Gasteiger partial charge in [-0.1, -0.05) is 12.1 Å². The molecule has 0 saturated carbocycles. The molecule has 3 rings (SSSR count). The topological polar surface area (TPSA) is 62.3 Å². The van der Waals surface area contributed by atoms with E-state index in [0.717, 1.165) is 51.0 Å². The number of ether oxygens (including phenoxy) is 2. The van der Waals surface area contributed by atoms with E-state index in [4.69, 9.17) is 9.47 Å². The maximum atomic E-state index is 13.5. The van der Waals surface area contributed by atoms with E-state index >= 15 is 0 Å². The highest BCUT2D eigenvalue weighted by Crippen LogP contribution is 2.41. The van der Waals surface area contributed by atoms with Crippen LogP contribution in [-0.2, 0) is 16.1 Å². The molecule has 2 saturated heterocycles. The van der Waals surface area contributed by atoms with E-state index in [2.05, 4.69) is 4.90 Å². The summed E-state index contributed by atoms with van der Waals surface area (Å²) in [7, 11) is 6.81. The minimum atomic E-state index is -0.314. The lowest BCUT2D eigenvalue weighted by atomic mass is 9.78. The van der Waals surface area contributed by atoms with Gasteiger partial charge in [0.2, 0.25) is 11.8 Å². The van der Waals surface area contributed by atoms with Gasteiger partial charge in [-0.25, -0.2) is 0 Å². The van der Waals surface area contributed by atoms with Gasteiger partial charge in [-0.15, -0.1) is 0 Å². The number of nitrogens with zero attached hydrogens (tertiary/aromatic N) is 3. The number of hydrogen-bond acceptors (Lipinski definition) is 5. The lowest BCUT2D eigenvalue weighted by Crippen LogP contribution is -2.49. The summed E-state index contributed by atoms with van der Waals surface area (Å²) < 4.78 is 10.9. The molecule has 0 unspecified atom stereocenters. The van der Waals surface area contributed by atoms with Crippen molar-refractivity contribution in [3.05, 3.63) is 23.8 Å². The Morgan fingerprint density at radius 2 is 1.97 bits per heavy atom. The van der Waals surface area contributed by atoms with Gasteiger partial charge < -0.3 is 24.2 Å². The number of carbonyl (C=O) groups is 2. The molecule has 0 bridgehead atoms. The smallest absolute Gasteiger partial charge is 0.230 e. The first-order valence-electron chi connectivity index (χ1n) is 10.3. The van der Waals surface area contributed by atoms with Gasteiger partial charge in [-0.3, -0.25) is 9.59 Å². The van der Waals surface area contributed by atoms with Crippen LogP contribution in [0.4, 0.5) is 0 Å². The van der Waals surface area contributed by atoms with Gasteiger partial charge in [0.15, 0.2) is 11.5 Å². The standard InChI is InChI=1S/C22H33N3O4/c1-23(2)19(26)9-13-24-14-11-22(16-24)10-6-12-25(21(22)27)15-17-7-5-8-18(28-3)20(17)29-4/h5,7-8H,6,9-16H2,1-4H3/t22-/m1/s1. The van der Waals surface area contributed by atoms with Crippen molar-refractivity contribution in [3.63, 3.8) is 0 Å². The number of hydrogen-bond donors (Lipinski definition) is 0. The van der Waals surface area contributed by atoms with Crippen molar-refractivity contribution in [3.8, 4) is 11.5 Å². The predicted octanol–water partition coefficient (Wildman–Crippen LogP) is 2.00. The zero-order valence-corrected chi connectivity index (χ0v) is 18.1. The fourth-order valence-corrected chi connectivity index (χ4v) is 4.59. The second-order valence-corrected chi connectivity index (χ2v) is 8.33. The minimum Gasteiger partial charge on any atom is -0.493 e. The van der Waals surface area contributed by atoms with E-state index < -0.39 is 0 Å². The molecule has 160 valence electrons. The summed E-state index contributed by atoms with van der Waals surface area (Å²) in [6.45, 7) is 3.64. The first-order chi connectivity index (χ1) is 13.9. The molecule has 2 heterocycles. The number of methoxy groups -OCH3 is 2. The average molecular weight is 404 g/mol. The number of amides is 2. The third-order valence-corrected chi connectivity index (χ3v) is 6.24. The molecule has 2 aliphatic rings. The van der Waals surface area contributed by atoms with Crippen LogP contribution in [0.25, 0.3) is 0 Å². The minimum absolute atomic E-state index is 0.132. The molecule has 0 N–H and O–H groups in total. The van der Waals surface area contributed by atoms with Gasteiger partial charge >= 0.3 is 0 Å². The lowest BCUT2D eigenvalue weighted by molar-refractivity contribution is -0.146. The van der Waals surface area contributed by atoms with Crippen LogP contribution in [0.15, 0.2) is 18.2 Å². The molecule has 0 aromatic heterocycles. The van der Waals surface area contributed by atoms with Crippen LogP contribution in [0, 0.1) is 5.41 Å². The summed E-state index contributed by atoms with van der Waals surface area (Å²) in [5.41, 5.74) is 0.648. The molecule has 29 heavy (non-hydrogen) atoms. The van der Waals surface area contributed by atoms with Crippen molar-refractivity contribution < 1.29 is 19.1 Å². The number of rotatable bonds is 7. The van der Waals surface area contributed by atoms with Crippen molar-refractivity contribution in [1.29, 1.82) is 0 Å². The van der Waals surface area contributed by atoms with Crippen molar-refractivity contribution in [2.45, 2.75) is 32.2 Å². The highest BCUT2D eigenvalue weighted by molar-refractivity contribution is 5.84. The lowest BCUT2D eigenvalue weighted by Gasteiger charge is -2.39. The number of carbonyl (C=O) groups excluding carboxylic acids is 2. The fraction of sp³-hybridized carbons (Fsp3) is 0.636. The number of para-hydroxylation sites is 1. The Kier molecular flexibility index (Phi) is 6.67. The first kappa shape index (κ1) is 21.4. The zero-order valence-electron chi connectivity index (χ0n) is 18.1. The SMILES string of the molecule is COc1cccc(CN2CCC[C@]3(CCN(CCC(=O)N(C)C)C3)C2=O)c1OC. The van der Waals surface area contributed by atoms with E-state index in [-0.39, 0.29) is 17.2 Å². The molecule has 1 aromatic carbocycles. The Hall–Kier alpha value is -2.28. The van der Waals surface area contributed by atoms with E-state index in [0.29, 0.717) is 24.5 Å². The summed E-state index contributed by atoms with van der Waals surface area (Å²) in [6.07, 6.45) is 3.30. The molecule has 2 aliphatic heterocycles. The van der Waals surface area contributed by atoms with Crippen LogP contribution in [0.5, 0.6) is 11.5 Å². The van der Waals surface area contributed by atoms with Crippen LogP contribution in [0.2, 0.25) is 0 Å². The monoisotopic (exact) mass is 403 g/mol. The molecule has 2 fully saturated rings. The summed E-state index contributed by atoms with van der Waals surface area (Å²) >= 11 is 0. The van der Waals surface area contributed by atoms with Crippen molar-refractivity contribution >= 4 is 11.8 Å². The van der Waals surface area contributed by atoms with Crippen LogP contribution < -0.4 is 9.47 Å². The molecule has 0 aliphatic carbocycles. The number of likely N-dealkylation sites (tertiary alicyclic amines) is 2. The third-order valence-electron chi connectivity index (χ3n) is 6.24. The average Bonchev–Trinajstić information content (AvgIpc) is 3.13. The van der Waals surface area contributed by atoms with Gasteiger partial charge in [0.25, 0.3) is 0 Å². The van der Waals surface area contributed by atoms with Crippen molar-refractivity contribution in [2.75, 3.05) is 54.5 Å². The van der Waals surface area contributed by atoms with Gasteiger partial charge in [0.1, 0.15) is 0 Å². The predicted molar refractivity (Wildman–Crippen MR) is 111 cm³/mol. The molecule has 1 atom stereocenters. The van der Waals surface area contributed by atoms with E-state index in [9.17, 15) is 9.59 Å². The molecule has 1 aromatic rings. The van der Waals surface area contributed by atoms with Gasteiger partial charge in [0, 0.05) is 52.3 Å². The second kappa shape index (κ2) is 9.03. The third kappa shape index (κ3) is 4.50. The van der Waals surface area contributed by atoms with E-state index in [1.54, 1.807) is 33.2 Å². The maximum absolute atomic E-state index is 13.5. The molecular weight excluding hydrogens is 370 g/mol.